The second kappa shape index (κ2) is 4.80. The fourth-order valence-corrected chi connectivity index (χ4v) is 0.823. The molecule has 0 saturated heterocycles. The molecule has 0 spiro atoms. The van der Waals surface area contributed by atoms with Crippen molar-refractivity contribution in [2.75, 3.05) is 0 Å². The van der Waals surface area contributed by atoms with Gasteiger partial charge in [0, 0.05) is 6.20 Å². The summed E-state index contributed by atoms with van der Waals surface area (Å²) in [5.74, 6) is -1.50. The van der Waals surface area contributed by atoms with Gasteiger partial charge in [-0.3, -0.25) is 14.6 Å². The molecule has 1 rings (SSSR count). The highest BCUT2D eigenvalue weighted by atomic mass is 16.7. The van der Waals surface area contributed by atoms with E-state index in [0.717, 1.165) is 0 Å². The Morgan fingerprint density at radius 1 is 1.43 bits per heavy atom. The van der Waals surface area contributed by atoms with E-state index in [9.17, 15) is 14.5 Å². The van der Waals surface area contributed by atoms with Crippen molar-refractivity contribution < 1.29 is 14.4 Å². The number of hydrogen-bond acceptors (Lipinski definition) is 6. The fourth-order valence-electron chi connectivity index (χ4n) is 0.823. The van der Waals surface area contributed by atoms with E-state index in [-0.39, 0.29) is 5.69 Å². The monoisotopic (exact) mass is 194 g/mol. The van der Waals surface area contributed by atoms with E-state index in [1.54, 1.807) is 12.1 Å². The Hall–Kier alpha value is -2.11. The molecule has 1 aromatic rings. The van der Waals surface area contributed by atoms with Crippen molar-refractivity contribution in [2.24, 2.45) is 5.34 Å². The molecule has 0 unspecified atom stereocenters. The second-order valence-corrected chi connectivity index (χ2v) is 2.35. The van der Waals surface area contributed by atoms with Crippen molar-refractivity contribution in [1.82, 2.24) is 4.98 Å². The molecule has 0 bridgehead atoms. The van der Waals surface area contributed by atoms with Crippen LogP contribution in [0.4, 0.5) is 0 Å². The lowest BCUT2D eigenvalue weighted by Crippen LogP contribution is -2.10. The second-order valence-electron chi connectivity index (χ2n) is 2.35. The maximum absolute atomic E-state index is 11.2. The molecule has 14 heavy (non-hydrogen) atoms. The van der Waals surface area contributed by atoms with Crippen LogP contribution in [0, 0.1) is 4.91 Å². The normalized spacial score (nSPS) is 9.14. The maximum Gasteiger partial charge on any atom is 0.346 e. The molecule has 0 aliphatic carbocycles. The molecule has 0 aromatic carbocycles. The highest BCUT2D eigenvalue weighted by molar-refractivity contribution is 6.04. The van der Waals surface area contributed by atoms with E-state index in [2.05, 4.69) is 9.82 Å². The summed E-state index contributed by atoms with van der Waals surface area (Å²) in [4.78, 5) is 38.8. The maximum atomic E-state index is 11.2. The molecule has 0 aliphatic heterocycles. The number of Topliss-reactive ketones (excluding diaryl/α,β-unsaturated/α-hetero) is 1. The van der Waals surface area contributed by atoms with Crippen LogP contribution in [0.1, 0.15) is 16.9 Å². The minimum Gasteiger partial charge on any atom is -0.292 e. The van der Waals surface area contributed by atoms with Gasteiger partial charge in [0.1, 0.15) is 12.1 Å². The zero-order chi connectivity index (χ0) is 10.4. The topological polar surface area (TPSA) is 85.7 Å². The number of pyridine rings is 1. The minimum absolute atomic E-state index is 0.148. The standard InChI is InChI=1S/C8H6N2O4/c11-7(5-8(12)14-10-13)6-3-1-2-4-9-6/h1-4H,5H2. The van der Waals surface area contributed by atoms with Crippen molar-refractivity contribution in [2.45, 2.75) is 6.42 Å². The van der Waals surface area contributed by atoms with Crippen molar-refractivity contribution in [3.8, 4) is 0 Å². The Bertz CT molecular complexity index is 350. The molecule has 1 heterocycles. The molecule has 6 heteroatoms. The van der Waals surface area contributed by atoms with E-state index in [1.165, 1.54) is 12.3 Å². The molecule has 0 saturated carbocycles. The van der Waals surface area contributed by atoms with Crippen molar-refractivity contribution in [3.05, 3.63) is 35.0 Å². The highest BCUT2D eigenvalue weighted by Crippen LogP contribution is 2.00. The SMILES string of the molecule is O=NOC(=O)CC(=O)c1ccccn1. The number of hydrogen-bond donors (Lipinski definition) is 0. The molecule has 0 atom stereocenters. The third kappa shape index (κ3) is 2.74. The Balaban J connectivity index is 2.59. The van der Waals surface area contributed by atoms with Crippen LogP contribution in [0.25, 0.3) is 0 Å². The molecule has 0 N–H and O–H groups in total. The van der Waals surface area contributed by atoms with Crippen molar-refractivity contribution in [1.29, 1.82) is 0 Å². The summed E-state index contributed by atoms with van der Waals surface area (Å²) in [5, 5.41) is 1.91. The van der Waals surface area contributed by atoms with Gasteiger partial charge in [-0.2, -0.15) is 0 Å². The molecule has 72 valence electrons. The Labute approximate surface area is 78.8 Å². The summed E-state index contributed by atoms with van der Waals surface area (Å²) < 4.78 is 0. The summed E-state index contributed by atoms with van der Waals surface area (Å²) >= 11 is 0. The largest absolute Gasteiger partial charge is 0.346 e. The van der Waals surface area contributed by atoms with Crippen LogP contribution in [-0.2, 0) is 9.63 Å². The average Bonchev–Trinajstić information content (AvgIpc) is 2.19. The highest BCUT2D eigenvalue weighted by Gasteiger charge is 2.14. The number of ketones is 1. The first-order valence-electron chi connectivity index (χ1n) is 3.71. The van der Waals surface area contributed by atoms with E-state index < -0.39 is 18.2 Å². The van der Waals surface area contributed by atoms with Gasteiger partial charge in [0.2, 0.25) is 0 Å². The molecular weight excluding hydrogens is 188 g/mol. The summed E-state index contributed by atoms with van der Waals surface area (Å²) in [6, 6.07) is 4.72. The fraction of sp³-hybridized carbons (Fsp3) is 0.125. The predicted octanol–water partition coefficient (Wildman–Crippen LogP) is 0.879. The lowest BCUT2D eigenvalue weighted by molar-refractivity contribution is -0.142. The van der Waals surface area contributed by atoms with Crippen LogP contribution in [0.2, 0.25) is 0 Å². The molecule has 6 nitrogen and oxygen atoms in total. The van der Waals surface area contributed by atoms with Crippen molar-refractivity contribution >= 4 is 11.8 Å². The quantitative estimate of drug-likeness (QED) is 0.307. The van der Waals surface area contributed by atoms with E-state index >= 15 is 0 Å². The number of nitrogens with zero attached hydrogens (tertiary/aromatic N) is 2. The van der Waals surface area contributed by atoms with Gasteiger partial charge in [0.15, 0.2) is 11.1 Å². The zero-order valence-corrected chi connectivity index (χ0v) is 7.04. The van der Waals surface area contributed by atoms with E-state index in [0.29, 0.717) is 0 Å². The van der Waals surface area contributed by atoms with Crippen LogP contribution in [0.5, 0.6) is 0 Å². The summed E-state index contributed by atoms with van der Waals surface area (Å²) in [5.41, 5.74) is 0.148. The molecule has 0 radical (unpaired) electrons. The number of aromatic nitrogens is 1. The van der Waals surface area contributed by atoms with Crippen LogP contribution >= 0.6 is 0 Å². The van der Waals surface area contributed by atoms with Gasteiger partial charge >= 0.3 is 5.97 Å². The van der Waals surface area contributed by atoms with E-state index in [4.69, 9.17) is 0 Å². The van der Waals surface area contributed by atoms with Gasteiger partial charge in [0.05, 0.1) is 0 Å². The van der Waals surface area contributed by atoms with Gasteiger partial charge in [-0.25, -0.2) is 4.79 Å². The minimum atomic E-state index is -0.990. The van der Waals surface area contributed by atoms with Crippen LogP contribution < -0.4 is 0 Å². The van der Waals surface area contributed by atoms with E-state index in [1.807, 2.05) is 5.34 Å². The van der Waals surface area contributed by atoms with Crippen LogP contribution in [0.3, 0.4) is 0 Å². The van der Waals surface area contributed by atoms with Gasteiger partial charge in [0.25, 0.3) is 0 Å². The summed E-state index contributed by atoms with van der Waals surface area (Å²) in [7, 11) is 0. The first-order valence-corrected chi connectivity index (χ1v) is 3.71. The smallest absolute Gasteiger partial charge is 0.292 e. The van der Waals surface area contributed by atoms with Crippen LogP contribution in [0.15, 0.2) is 29.7 Å². The zero-order valence-electron chi connectivity index (χ0n) is 7.04. The molecule has 0 amide bonds. The lowest BCUT2D eigenvalue weighted by atomic mass is 10.2. The first-order chi connectivity index (χ1) is 6.74. The third-order valence-electron chi connectivity index (χ3n) is 1.39. The third-order valence-corrected chi connectivity index (χ3v) is 1.39. The van der Waals surface area contributed by atoms with Gasteiger partial charge in [-0.05, 0) is 12.1 Å². The first kappa shape index (κ1) is 9.97. The summed E-state index contributed by atoms with van der Waals surface area (Å²) in [6.07, 6.45) is 0.888. The van der Waals surface area contributed by atoms with Gasteiger partial charge in [-0.15, -0.1) is 4.91 Å². The molecule has 1 aromatic heterocycles. The average molecular weight is 194 g/mol. The Morgan fingerprint density at radius 3 is 2.79 bits per heavy atom. The molecule has 0 fully saturated rings. The number of rotatable bonds is 4. The Kier molecular flexibility index (Phi) is 3.42. The van der Waals surface area contributed by atoms with Gasteiger partial charge in [-0.1, -0.05) is 6.07 Å². The molecular formula is C8H6N2O4. The predicted molar refractivity (Wildman–Crippen MR) is 45.1 cm³/mol. The number of carbonyl (C=O) groups is 2. The van der Waals surface area contributed by atoms with Gasteiger partial charge < -0.3 is 0 Å². The lowest BCUT2D eigenvalue weighted by Gasteiger charge is -1.95. The van der Waals surface area contributed by atoms with Crippen molar-refractivity contribution in [3.63, 3.8) is 0 Å². The molecule has 0 aliphatic rings. The number of carbonyl (C=O) groups excluding carboxylic acids is 2. The van der Waals surface area contributed by atoms with Crippen LogP contribution in [-0.4, -0.2) is 16.7 Å². The summed E-state index contributed by atoms with van der Waals surface area (Å²) in [6.45, 7) is 0. The Morgan fingerprint density at radius 2 is 2.21 bits per heavy atom.